The van der Waals surface area contributed by atoms with Crippen molar-refractivity contribution in [3.8, 4) is 16.9 Å². The molecule has 5 heteroatoms. The van der Waals surface area contributed by atoms with Crippen LogP contribution in [0.1, 0.15) is 24.8 Å². The van der Waals surface area contributed by atoms with Crippen molar-refractivity contribution in [3.63, 3.8) is 0 Å². The number of methoxy groups -OCH3 is 1. The smallest absolute Gasteiger partial charge is 0.227 e. The molecule has 0 bridgehead atoms. The van der Waals surface area contributed by atoms with E-state index in [1.54, 1.807) is 12.0 Å². The van der Waals surface area contributed by atoms with Gasteiger partial charge in [0, 0.05) is 32.6 Å². The second-order valence-corrected chi connectivity index (χ2v) is 8.51. The van der Waals surface area contributed by atoms with Crippen LogP contribution in [0.25, 0.3) is 11.1 Å². The van der Waals surface area contributed by atoms with Crippen LogP contribution in [-0.2, 0) is 16.0 Å². The summed E-state index contributed by atoms with van der Waals surface area (Å²) in [4.78, 5) is 29.5. The summed E-state index contributed by atoms with van der Waals surface area (Å²) in [6.45, 7) is 1.76. The lowest BCUT2D eigenvalue weighted by Gasteiger charge is -2.31. The Hall–Kier alpha value is -2.82. The lowest BCUT2D eigenvalue weighted by atomic mass is 9.84. The van der Waals surface area contributed by atoms with Crippen molar-refractivity contribution >= 4 is 11.8 Å². The quantitative estimate of drug-likeness (QED) is 0.762. The first-order chi connectivity index (χ1) is 14.5. The molecule has 1 saturated carbocycles. The summed E-state index contributed by atoms with van der Waals surface area (Å²) in [6.07, 6.45) is 3.76. The number of rotatable bonds is 5. The molecule has 1 aliphatic heterocycles. The Morgan fingerprint density at radius 1 is 1.07 bits per heavy atom. The molecule has 2 amide bonds. The molecule has 1 atom stereocenters. The van der Waals surface area contributed by atoms with Gasteiger partial charge < -0.3 is 14.5 Å². The van der Waals surface area contributed by atoms with Crippen LogP contribution < -0.4 is 4.74 Å². The lowest BCUT2D eigenvalue weighted by molar-refractivity contribution is -0.138. The largest absolute Gasteiger partial charge is 0.497 e. The molecule has 2 aromatic rings. The summed E-state index contributed by atoms with van der Waals surface area (Å²) in [5, 5.41) is 0. The van der Waals surface area contributed by atoms with Crippen LogP contribution in [-0.4, -0.2) is 55.4 Å². The van der Waals surface area contributed by atoms with Gasteiger partial charge in [-0.3, -0.25) is 9.59 Å². The fraction of sp³-hybridized carbons (Fsp3) is 0.440. The summed E-state index contributed by atoms with van der Waals surface area (Å²) in [5.74, 6) is 1.15. The van der Waals surface area contributed by atoms with Crippen molar-refractivity contribution in [1.82, 2.24) is 9.80 Å². The van der Waals surface area contributed by atoms with Crippen LogP contribution in [0, 0.1) is 11.8 Å². The average Bonchev–Trinajstić information content (AvgIpc) is 2.86. The maximum atomic E-state index is 13.0. The molecule has 1 heterocycles. The fourth-order valence-electron chi connectivity index (χ4n) is 4.36. The molecule has 2 aliphatic rings. The van der Waals surface area contributed by atoms with Gasteiger partial charge in [0.05, 0.1) is 13.0 Å². The lowest BCUT2D eigenvalue weighted by Crippen LogP contribution is -2.42. The minimum atomic E-state index is -0.206. The topological polar surface area (TPSA) is 49.9 Å². The van der Waals surface area contributed by atoms with Gasteiger partial charge in [0.2, 0.25) is 11.8 Å². The summed E-state index contributed by atoms with van der Waals surface area (Å²) in [5.41, 5.74) is 3.30. The van der Waals surface area contributed by atoms with Crippen LogP contribution in [0.2, 0.25) is 0 Å². The molecular formula is C25H30N2O3. The van der Waals surface area contributed by atoms with Gasteiger partial charge in [0.15, 0.2) is 0 Å². The third-order valence-electron chi connectivity index (χ3n) is 6.45. The van der Waals surface area contributed by atoms with Gasteiger partial charge >= 0.3 is 0 Å². The maximum Gasteiger partial charge on any atom is 0.227 e. The Balaban J connectivity index is 1.53. The van der Waals surface area contributed by atoms with Gasteiger partial charge in [-0.1, -0.05) is 42.8 Å². The molecule has 0 N–H and O–H groups in total. The number of likely N-dealkylation sites (N-methyl/N-ethyl adjacent to an activating group) is 1. The molecule has 0 aromatic heterocycles. The number of nitrogens with zero attached hydrogens (tertiary/aromatic N) is 2. The molecule has 5 nitrogen and oxygen atoms in total. The Morgan fingerprint density at radius 3 is 2.50 bits per heavy atom. The van der Waals surface area contributed by atoms with Crippen molar-refractivity contribution < 1.29 is 14.3 Å². The molecule has 0 spiro atoms. The van der Waals surface area contributed by atoms with E-state index >= 15 is 0 Å². The fourth-order valence-corrected chi connectivity index (χ4v) is 4.36. The van der Waals surface area contributed by atoms with Crippen LogP contribution in [0.3, 0.4) is 0 Å². The third kappa shape index (κ3) is 4.35. The van der Waals surface area contributed by atoms with Crippen molar-refractivity contribution in [2.24, 2.45) is 11.8 Å². The van der Waals surface area contributed by atoms with E-state index in [9.17, 15) is 9.59 Å². The van der Waals surface area contributed by atoms with Gasteiger partial charge in [0.1, 0.15) is 5.75 Å². The van der Waals surface area contributed by atoms with Gasteiger partial charge in [-0.25, -0.2) is 0 Å². The summed E-state index contributed by atoms with van der Waals surface area (Å²) >= 11 is 0. The number of carbonyl (C=O) groups is 2. The number of ether oxygens (including phenoxy) is 1. The van der Waals surface area contributed by atoms with E-state index in [0.717, 1.165) is 41.7 Å². The summed E-state index contributed by atoms with van der Waals surface area (Å²) in [6, 6.07) is 16.3. The first-order valence-corrected chi connectivity index (χ1v) is 10.8. The molecule has 2 aromatic carbocycles. The predicted octanol–water partition coefficient (Wildman–Crippen LogP) is 3.62. The van der Waals surface area contributed by atoms with Crippen LogP contribution in [0.5, 0.6) is 5.75 Å². The highest BCUT2D eigenvalue weighted by atomic mass is 16.5. The molecule has 0 unspecified atom stereocenters. The van der Waals surface area contributed by atoms with Gasteiger partial charge in [-0.15, -0.1) is 0 Å². The van der Waals surface area contributed by atoms with E-state index in [1.165, 1.54) is 0 Å². The predicted molar refractivity (Wildman–Crippen MR) is 117 cm³/mol. The third-order valence-corrected chi connectivity index (χ3v) is 6.45. The molecule has 2 fully saturated rings. The summed E-state index contributed by atoms with van der Waals surface area (Å²) < 4.78 is 5.35. The van der Waals surface area contributed by atoms with E-state index < -0.39 is 0 Å². The van der Waals surface area contributed by atoms with Gasteiger partial charge in [0.25, 0.3) is 0 Å². The van der Waals surface area contributed by atoms with Gasteiger partial charge in [-0.2, -0.15) is 0 Å². The number of hydrogen-bond donors (Lipinski definition) is 0. The molecule has 4 rings (SSSR count). The van der Waals surface area contributed by atoms with Crippen LogP contribution >= 0.6 is 0 Å². The minimum absolute atomic E-state index is 0.130. The zero-order valence-electron chi connectivity index (χ0n) is 17.8. The zero-order valence-corrected chi connectivity index (χ0v) is 17.8. The molecule has 158 valence electrons. The standard InChI is InChI=1S/C25H30N2O3/c1-26-12-13-27(25(29)19-7-4-8-19)17-22(24(26)28)15-18-6-3-9-20(14-18)21-10-5-11-23(16-21)30-2/h3,5-6,9-11,14,16,19,22H,4,7-8,12-13,15,17H2,1-2H3/t22-/m0/s1. The normalized spacial score (nSPS) is 19.9. The molecule has 0 radical (unpaired) electrons. The summed E-state index contributed by atoms with van der Waals surface area (Å²) in [7, 11) is 3.51. The van der Waals surface area contributed by atoms with Crippen molar-refractivity contribution in [1.29, 1.82) is 0 Å². The van der Waals surface area contributed by atoms with E-state index in [4.69, 9.17) is 4.74 Å². The van der Waals surface area contributed by atoms with Crippen LogP contribution in [0.4, 0.5) is 0 Å². The Kier molecular flexibility index (Phi) is 6.07. The molecular weight excluding hydrogens is 376 g/mol. The van der Waals surface area contributed by atoms with Crippen LogP contribution in [0.15, 0.2) is 48.5 Å². The van der Waals surface area contributed by atoms with E-state index in [2.05, 4.69) is 24.3 Å². The van der Waals surface area contributed by atoms with Crippen molar-refractivity contribution in [3.05, 3.63) is 54.1 Å². The van der Waals surface area contributed by atoms with E-state index in [-0.39, 0.29) is 23.7 Å². The zero-order chi connectivity index (χ0) is 21.1. The molecule has 30 heavy (non-hydrogen) atoms. The first-order valence-electron chi connectivity index (χ1n) is 10.8. The number of carbonyl (C=O) groups excluding carboxylic acids is 2. The van der Waals surface area contributed by atoms with Gasteiger partial charge in [-0.05, 0) is 48.1 Å². The Labute approximate surface area is 178 Å². The molecule has 1 saturated heterocycles. The highest BCUT2D eigenvalue weighted by Crippen LogP contribution is 2.30. The first kappa shape index (κ1) is 20.5. The average molecular weight is 407 g/mol. The minimum Gasteiger partial charge on any atom is -0.497 e. The van der Waals surface area contributed by atoms with E-state index in [1.807, 2.05) is 36.2 Å². The number of hydrogen-bond acceptors (Lipinski definition) is 3. The second-order valence-electron chi connectivity index (χ2n) is 8.51. The van der Waals surface area contributed by atoms with Crippen molar-refractivity contribution in [2.75, 3.05) is 33.8 Å². The Bertz CT molecular complexity index is 922. The molecule has 1 aliphatic carbocycles. The van der Waals surface area contributed by atoms with Crippen molar-refractivity contribution in [2.45, 2.75) is 25.7 Å². The van der Waals surface area contributed by atoms with E-state index in [0.29, 0.717) is 26.1 Å². The number of benzene rings is 2. The highest BCUT2D eigenvalue weighted by Gasteiger charge is 2.35. The number of amides is 2. The second kappa shape index (κ2) is 8.90. The maximum absolute atomic E-state index is 13.0. The monoisotopic (exact) mass is 406 g/mol. The highest BCUT2D eigenvalue weighted by molar-refractivity contribution is 5.83. The SMILES string of the molecule is COc1cccc(-c2cccc(C[C@H]3CN(C(=O)C4CCC4)CCN(C)C3=O)c2)c1. The Morgan fingerprint density at radius 2 is 1.80 bits per heavy atom.